The van der Waals surface area contributed by atoms with E-state index in [9.17, 15) is 8.78 Å². The molecule has 0 saturated heterocycles. The van der Waals surface area contributed by atoms with E-state index in [0.29, 0.717) is 17.5 Å². The lowest BCUT2D eigenvalue weighted by atomic mass is 10.1. The van der Waals surface area contributed by atoms with Crippen LogP contribution in [0.3, 0.4) is 0 Å². The highest BCUT2D eigenvalue weighted by atomic mass is 79.9. The molecule has 3 rings (SSSR count). The van der Waals surface area contributed by atoms with E-state index in [0.717, 1.165) is 23.9 Å². The molecule has 0 unspecified atom stereocenters. The van der Waals surface area contributed by atoms with Gasteiger partial charge in [0.15, 0.2) is 5.82 Å². The minimum atomic E-state index is -0.418. The minimum absolute atomic E-state index is 0.251. The molecule has 21 heavy (non-hydrogen) atoms. The summed E-state index contributed by atoms with van der Waals surface area (Å²) in [6.45, 7) is 0.780. The summed E-state index contributed by atoms with van der Waals surface area (Å²) in [5.74, 6) is -0.759. The summed E-state index contributed by atoms with van der Waals surface area (Å²) in [4.78, 5) is 2.85. The number of aromatic nitrogens is 3. The van der Waals surface area contributed by atoms with E-state index in [1.54, 1.807) is 12.3 Å². The van der Waals surface area contributed by atoms with E-state index < -0.39 is 5.82 Å². The van der Waals surface area contributed by atoms with Crippen LogP contribution in [0.15, 0.2) is 35.1 Å². The number of para-hydroxylation sites is 1. The third kappa shape index (κ3) is 3.00. The lowest BCUT2D eigenvalue weighted by Crippen LogP contribution is -1.99. The molecule has 0 spiro atoms. The number of fused-ring (bicyclic) bond motifs is 1. The Hall–Kier alpha value is -1.69. The molecule has 6 heteroatoms. The van der Waals surface area contributed by atoms with Crippen molar-refractivity contribution in [3.63, 3.8) is 0 Å². The SMILES string of the molecule is Fc1c(CCCCn2cc(Br)cn2)[nH]c2c(F)cccc12. The first-order chi connectivity index (χ1) is 10.1. The van der Waals surface area contributed by atoms with Crippen molar-refractivity contribution in [2.24, 2.45) is 0 Å². The van der Waals surface area contributed by atoms with Crippen LogP contribution >= 0.6 is 15.9 Å². The van der Waals surface area contributed by atoms with Gasteiger partial charge < -0.3 is 4.98 Å². The molecule has 1 N–H and O–H groups in total. The van der Waals surface area contributed by atoms with Gasteiger partial charge in [0.25, 0.3) is 0 Å². The van der Waals surface area contributed by atoms with Gasteiger partial charge in [0.2, 0.25) is 0 Å². The van der Waals surface area contributed by atoms with Crippen LogP contribution in [0.25, 0.3) is 10.9 Å². The quantitative estimate of drug-likeness (QED) is 0.676. The molecule has 2 heterocycles. The van der Waals surface area contributed by atoms with E-state index in [2.05, 4.69) is 26.0 Å². The molecule has 1 aromatic carbocycles. The van der Waals surface area contributed by atoms with Crippen LogP contribution in [-0.4, -0.2) is 14.8 Å². The highest BCUT2D eigenvalue weighted by molar-refractivity contribution is 9.10. The average molecular weight is 354 g/mol. The average Bonchev–Trinajstić information content (AvgIpc) is 3.01. The molecular weight excluding hydrogens is 340 g/mol. The molecule has 110 valence electrons. The van der Waals surface area contributed by atoms with Gasteiger partial charge >= 0.3 is 0 Å². The number of unbranched alkanes of at least 4 members (excludes halogenated alkanes) is 1. The molecule has 0 bridgehead atoms. The summed E-state index contributed by atoms with van der Waals surface area (Å²) >= 11 is 3.34. The maximum Gasteiger partial charge on any atom is 0.151 e. The Bertz CT molecular complexity index is 763. The third-order valence-corrected chi connectivity index (χ3v) is 3.87. The molecule has 0 aliphatic heterocycles. The van der Waals surface area contributed by atoms with Gasteiger partial charge in [0.1, 0.15) is 5.82 Å². The number of H-pyrrole nitrogens is 1. The molecule has 0 saturated carbocycles. The molecule has 0 aliphatic carbocycles. The third-order valence-electron chi connectivity index (χ3n) is 3.46. The fraction of sp³-hybridized carbons (Fsp3) is 0.267. The van der Waals surface area contributed by atoms with Crippen molar-refractivity contribution in [1.82, 2.24) is 14.8 Å². The number of nitrogens with one attached hydrogen (secondary N) is 1. The minimum Gasteiger partial charge on any atom is -0.354 e. The Labute approximate surface area is 129 Å². The smallest absolute Gasteiger partial charge is 0.151 e. The van der Waals surface area contributed by atoms with Crippen LogP contribution in [-0.2, 0) is 13.0 Å². The summed E-state index contributed by atoms with van der Waals surface area (Å²) in [5, 5.41) is 4.48. The van der Waals surface area contributed by atoms with E-state index >= 15 is 0 Å². The Morgan fingerprint density at radius 3 is 2.81 bits per heavy atom. The van der Waals surface area contributed by atoms with Crippen LogP contribution in [0.1, 0.15) is 18.5 Å². The first-order valence-electron chi connectivity index (χ1n) is 6.77. The lowest BCUT2D eigenvalue weighted by Gasteiger charge is -2.01. The monoisotopic (exact) mass is 353 g/mol. The first kappa shape index (κ1) is 14.3. The highest BCUT2D eigenvalue weighted by Gasteiger charge is 2.13. The van der Waals surface area contributed by atoms with Crippen molar-refractivity contribution < 1.29 is 8.78 Å². The van der Waals surface area contributed by atoms with Gasteiger partial charge in [0, 0.05) is 18.1 Å². The molecule has 3 nitrogen and oxygen atoms in total. The second-order valence-electron chi connectivity index (χ2n) is 4.96. The highest BCUT2D eigenvalue weighted by Crippen LogP contribution is 2.24. The molecule has 0 radical (unpaired) electrons. The van der Waals surface area contributed by atoms with E-state index in [-0.39, 0.29) is 11.3 Å². The number of nitrogens with zero attached hydrogens (tertiary/aromatic N) is 2. The Kier molecular flexibility index (Phi) is 4.05. The zero-order valence-electron chi connectivity index (χ0n) is 11.2. The maximum atomic E-state index is 14.1. The van der Waals surface area contributed by atoms with Crippen molar-refractivity contribution in [3.8, 4) is 0 Å². The fourth-order valence-electron chi connectivity index (χ4n) is 2.41. The molecule has 3 aromatic rings. The van der Waals surface area contributed by atoms with Crippen LogP contribution in [0.4, 0.5) is 8.78 Å². The van der Waals surface area contributed by atoms with Gasteiger partial charge in [-0.15, -0.1) is 0 Å². The van der Waals surface area contributed by atoms with E-state index in [4.69, 9.17) is 0 Å². The summed E-state index contributed by atoms with van der Waals surface area (Å²) in [7, 11) is 0. The molecule has 0 amide bonds. The normalized spacial score (nSPS) is 11.4. The Morgan fingerprint density at radius 2 is 2.10 bits per heavy atom. The lowest BCUT2D eigenvalue weighted by molar-refractivity contribution is 0.546. The van der Waals surface area contributed by atoms with Crippen molar-refractivity contribution in [1.29, 1.82) is 0 Å². The van der Waals surface area contributed by atoms with Gasteiger partial charge in [-0.25, -0.2) is 8.78 Å². The Balaban J connectivity index is 1.63. The van der Waals surface area contributed by atoms with Crippen molar-refractivity contribution >= 4 is 26.8 Å². The second-order valence-corrected chi connectivity index (χ2v) is 5.87. The van der Waals surface area contributed by atoms with Crippen LogP contribution < -0.4 is 0 Å². The summed E-state index contributed by atoms with van der Waals surface area (Å²) < 4.78 is 30.5. The number of rotatable bonds is 5. The van der Waals surface area contributed by atoms with Gasteiger partial charge in [-0.1, -0.05) is 6.07 Å². The first-order valence-corrected chi connectivity index (χ1v) is 7.57. The zero-order valence-corrected chi connectivity index (χ0v) is 12.8. The summed E-state index contributed by atoms with van der Waals surface area (Å²) in [5.41, 5.74) is 0.720. The zero-order chi connectivity index (χ0) is 14.8. The van der Waals surface area contributed by atoms with Gasteiger partial charge in [0.05, 0.1) is 21.9 Å². The number of aromatic amines is 1. The molecule has 0 atom stereocenters. The standard InChI is InChI=1S/C15H14BrF2N3/c16-10-8-19-21(9-10)7-2-1-6-13-14(18)11-4-3-5-12(17)15(11)20-13/h3-5,8-9,20H,1-2,6-7H2. The van der Waals surface area contributed by atoms with Crippen molar-refractivity contribution in [2.75, 3.05) is 0 Å². The van der Waals surface area contributed by atoms with Crippen molar-refractivity contribution in [2.45, 2.75) is 25.8 Å². The summed E-state index contributed by atoms with van der Waals surface area (Å²) in [6.07, 6.45) is 5.88. The fourth-order valence-corrected chi connectivity index (χ4v) is 2.74. The van der Waals surface area contributed by atoms with Gasteiger partial charge in [-0.05, 0) is 47.3 Å². The second kappa shape index (κ2) is 5.97. The predicted molar refractivity (Wildman–Crippen MR) is 81.1 cm³/mol. The number of aryl methyl sites for hydroxylation is 2. The van der Waals surface area contributed by atoms with Crippen molar-refractivity contribution in [3.05, 3.63) is 52.4 Å². The largest absolute Gasteiger partial charge is 0.354 e. The maximum absolute atomic E-state index is 14.1. The number of benzene rings is 1. The number of halogens is 3. The number of hydrogen-bond donors (Lipinski definition) is 1. The Morgan fingerprint density at radius 1 is 1.24 bits per heavy atom. The van der Waals surface area contributed by atoms with Gasteiger partial charge in [-0.3, -0.25) is 4.68 Å². The predicted octanol–water partition coefficient (Wildman–Crippen LogP) is 4.43. The van der Waals surface area contributed by atoms with Crippen LogP contribution in [0.5, 0.6) is 0 Å². The van der Waals surface area contributed by atoms with Gasteiger partial charge in [-0.2, -0.15) is 5.10 Å². The molecule has 0 aliphatic rings. The molecular formula is C15H14BrF2N3. The topological polar surface area (TPSA) is 33.6 Å². The molecule has 0 fully saturated rings. The molecule has 2 aromatic heterocycles. The van der Waals surface area contributed by atoms with Crippen LogP contribution in [0, 0.1) is 11.6 Å². The summed E-state index contributed by atoms with van der Waals surface area (Å²) in [6, 6.07) is 4.45. The van der Waals surface area contributed by atoms with E-state index in [1.807, 2.05) is 10.9 Å². The van der Waals surface area contributed by atoms with E-state index in [1.165, 1.54) is 12.1 Å². The number of hydrogen-bond acceptors (Lipinski definition) is 1. The van der Waals surface area contributed by atoms with Crippen LogP contribution in [0.2, 0.25) is 0 Å².